The van der Waals surface area contributed by atoms with E-state index in [4.69, 9.17) is 4.74 Å². The molecule has 0 spiro atoms. The third kappa shape index (κ3) is 4.76. The third-order valence-electron chi connectivity index (χ3n) is 4.18. The van der Waals surface area contributed by atoms with E-state index < -0.39 is 10.9 Å². The number of carbonyl (C=O) groups excluding carboxylic acids is 2. The second-order valence-electron chi connectivity index (χ2n) is 6.06. The van der Waals surface area contributed by atoms with Gasteiger partial charge in [0, 0.05) is 11.3 Å². The Labute approximate surface area is 174 Å². The zero-order chi connectivity index (χ0) is 21.0. The van der Waals surface area contributed by atoms with Gasteiger partial charge in [-0.3, -0.25) is 4.79 Å². The van der Waals surface area contributed by atoms with Crippen molar-refractivity contribution < 1.29 is 19.2 Å². The second kappa shape index (κ2) is 9.28. The van der Waals surface area contributed by atoms with Crippen molar-refractivity contribution in [1.29, 1.82) is 0 Å². The summed E-state index contributed by atoms with van der Waals surface area (Å²) in [6, 6.07) is 0. The molecule has 0 bridgehead atoms. The fourth-order valence-electron chi connectivity index (χ4n) is 2.59. The van der Waals surface area contributed by atoms with Crippen LogP contribution in [0, 0.1) is 30.9 Å². The molecule has 2 rings (SSSR count). The number of anilines is 1. The number of ether oxygens (including phenoxy) is 1. The van der Waals surface area contributed by atoms with Crippen molar-refractivity contribution in [3.63, 3.8) is 0 Å². The second-order valence-corrected chi connectivity index (χ2v) is 8.08. The van der Waals surface area contributed by atoms with E-state index in [2.05, 4.69) is 26.3 Å². The van der Waals surface area contributed by atoms with Gasteiger partial charge in [-0.1, -0.05) is 0 Å². The normalized spacial score (nSPS) is 10.8. The summed E-state index contributed by atoms with van der Waals surface area (Å²) >= 11 is 4.50. The average molecular weight is 473 g/mol. The van der Waals surface area contributed by atoms with Gasteiger partial charge in [-0.15, -0.1) is 11.3 Å². The molecule has 28 heavy (non-hydrogen) atoms. The first kappa shape index (κ1) is 22.0. The Bertz CT molecular complexity index is 921. The van der Waals surface area contributed by atoms with Gasteiger partial charge < -0.3 is 20.2 Å². The minimum atomic E-state index is -0.557. The van der Waals surface area contributed by atoms with Gasteiger partial charge >= 0.3 is 11.8 Å². The fraction of sp³-hybridized carbons (Fsp3) is 0.471. The first-order valence-electron chi connectivity index (χ1n) is 8.61. The molecule has 0 fully saturated rings. The number of hydrogen-bond donors (Lipinski definition) is 1. The lowest BCUT2D eigenvalue weighted by Gasteiger charge is -2.07. The highest BCUT2D eigenvalue weighted by molar-refractivity contribution is 9.10. The number of hydrogen-bond acceptors (Lipinski definition) is 7. The van der Waals surface area contributed by atoms with Crippen LogP contribution in [0.25, 0.3) is 0 Å². The minimum absolute atomic E-state index is 0.184. The molecule has 9 nitrogen and oxygen atoms in total. The smallest absolute Gasteiger partial charge is 0.404 e. The summed E-state index contributed by atoms with van der Waals surface area (Å²) in [5, 5.41) is 18.1. The molecule has 0 aromatic carbocycles. The highest BCUT2D eigenvalue weighted by Crippen LogP contribution is 2.33. The number of halogens is 1. The molecule has 0 aliphatic rings. The zero-order valence-corrected chi connectivity index (χ0v) is 18.4. The highest BCUT2D eigenvalue weighted by atomic mass is 79.9. The van der Waals surface area contributed by atoms with Gasteiger partial charge in [-0.2, -0.15) is 4.68 Å². The molecule has 11 heteroatoms. The van der Waals surface area contributed by atoms with E-state index >= 15 is 0 Å². The number of thiophene rings is 1. The number of carbonyl (C=O) groups is 2. The highest BCUT2D eigenvalue weighted by Gasteiger charge is 2.24. The van der Waals surface area contributed by atoms with Gasteiger partial charge in [0.1, 0.15) is 9.47 Å². The van der Waals surface area contributed by atoms with E-state index in [0.29, 0.717) is 33.7 Å². The number of nitrogens with zero attached hydrogens (tertiary/aromatic N) is 3. The molecule has 152 valence electrons. The van der Waals surface area contributed by atoms with E-state index in [1.165, 1.54) is 16.0 Å². The van der Waals surface area contributed by atoms with Crippen molar-refractivity contribution >= 4 is 50.0 Å². The molecule has 2 aromatic rings. The van der Waals surface area contributed by atoms with Crippen LogP contribution in [0.2, 0.25) is 0 Å². The van der Waals surface area contributed by atoms with Crippen molar-refractivity contribution in [3.8, 4) is 0 Å². The maximum Gasteiger partial charge on any atom is 0.404 e. The van der Waals surface area contributed by atoms with Crippen LogP contribution >= 0.6 is 27.3 Å². The van der Waals surface area contributed by atoms with Gasteiger partial charge in [0.05, 0.1) is 29.5 Å². The van der Waals surface area contributed by atoms with E-state index in [9.17, 15) is 19.7 Å². The standard InChI is InChI=1S/C17H21BrN4O5S/c1-5-27-17(24)13-9(2)11(4)28-16(13)19-12(23)7-6-8-21-10(3)14(18)15(20-21)22(25)26/h5-8H2,1-4H3,(H,19,23). The number of nitrogens with one attached hydrogen (secondary N) is 1. The summed E-state index contributed by atoms with van der Waals surface area (Å²) in [6.07, 6.45) is 0.624. The van der Waals surface area contributed by atoms with E-state index in [-0.39, 0.29) is 24.8 Å². The van der Waals surface area contributed by atoms with Crippen LogP contribution in [0.1, 0.15) is 46.3 Å². The van der Waals surface area contributed by atoms with Crippen LogP contribution in [0.3, 0.4) is 0 Å². The monoisotopic (exact) mass is 472 g/mol. The quantitative estimate of drug-likeness (QED) is 0.350. The summed E-state index contributed by atoms with van der Waals surface area (Å²) in [5.41, 5.74) is 1.81. The largest absolute Gasteiger partial charge is 0.462 e. The average Bonchev–Trinajstić information content (AvgIpc) is 3.05. The molecule has 2 heterocycles. The SMILES string of the molecule is CCOC(=O)c1c(NC(=O)CCCn2nc([N+](=O)[O-])c(Br)c2C)sc(C)c1C. The molecule has 0 radical (unpaired) electrons. The summed E-state index contributed by atoms with van der Waals surface area (Å²) in [7, 11) is 0. The van der Waals surface area contributed by atoms with Crippen LogP contribution < -0.4 is 5.32 Å². The Kier molecular flexibility index (Phi) is 7.30. The maximum absolute atomic E-state index is 12.3. The van der Waals surface area contributed by atoms with E-state index in [1.54, 1.807) is 13.8 Å². The van der Waals surface area contributed by atoms with Gasteiger partial charge in [0.2, 0.25) is 5.91 Å². The van der Waals surface area contributed by atoms with E-state index in [1.807, 2.05) is 13.8 Å². The molecular weight excluding hydrogens is 452 g/mol. The zero-order valence-electron chi connectivity index (χ0n) is 16.0. The lowest BCUT2D eigenvalue weighted by atomic mass is 10.1. The maximum atomic E-state index is 12.3. The topological polar surface area (TPSA) is 116 Å². The van der Waals surface area contributed by atoms with Crippen molar-refractivity contribution in [2.45, 2.75) is 47.1 Å². The van der Waals surface area contributed by atoms with Crippen molar-refractivity contribution in [2.24, 2.45) is 0 Å². The molecule has 1 amide bonds. The van der Waals surface area contributed by atoms with Gasteiger partial charge in [-0.25, -0.2) is 4.79 Å². The Hall–Kier alpha value is -2.27. The van der Waals surface area contributed by atoms with Crippen LogP contribution in [-0.2, 0) is 16.1 Å². The van der Waals surface area contributed by atoms with Crippen molar-refractivity contribution in [1.82, 2.24) is 9.78 Å². The van der Waals surface area contributed by atoms with Gasteiger partial charge in [0.15, 0.2) is 0 Å². The molecule has 0 saturated carbocycles. The Morgan fingerprint density at radius 1 is 1.36 bits per heavy atom. The lowest BCUT2D eigenvalue weighted by Crippen LogP contribution is -2.15. The van der Waals surface area contributed by atoms with Crippen molar-refractivity contribution in [2.75, 3.05) is 11.9 Å². The number of aromatic nitrogens is 2. The number of rotatable bonds is 8. The molecule has 0 unspecified atom stereocenters. The Morgan fingerprint density at radius 3 is 2.61 bits per heavy atom. The summed E-state index contributed by atoms with van der Waals surface area (Å²) in [5.74, 6) is -0.945. The molecule has 0 atom stereocenters. The molecule has 0 saturated heterocycles. The van der Waals surface area contributed by atoms with Gasteiger partial charge in [-0.05, 0) is 60.5 Å². The van der Waals surface area contributed by atoms with Crippen LogP contribution in [0.5, 0.6) is 0 Å². The number of aryl methyl sites for hydroxylation is 2. The van der Waals surface area contributed by atoms with Crippen molar-refractivity contribution in [3.05, 3.63) is 36.3 Å². The Balaban J connectivity index is 2.01. The predicted octanol–water partition coefficient (Wildman–Crippen LogP) is 4.14. The third-order valence-corrected chi connectivity index (χ3v) is 6.23. The van der Waals surface area contributed by atoms with E-state index in [0.717, 1.165) is 10.4 Å². The van der Waals surface area contributed by atoms with Crippen LogP contribution in [0.15, 0.2) is 4.47 Å². The summed E-state index contributed by atoms with van der Waals surface area (Å²) in [4.78, 5) is 35.8. The minimum Gasteiger partial charge on any atom is -0.462 e. The fourth-order valence-corrected chi connectivity index (χ4v) is 4.08. The summed E-state index contributed by atoms with van der Waals surface area (Å²) < 4.78 is 6.91. The Morgan fingerprint density at radius 2 is 2.04 bits per heavy atom. The summed E-state index contributed by atoms with van der Waals surface area (Å²) in [6.45, 7) is 7.75. The van der Waals surface area contributed by atoms with Gasteiger partial charge in [0.25, 0.3) is 0 Å². The van der Waals surface area contributed by atoms with Crippen LogP contribution in [-0.4, -0.2) is 33.2 Å². The number of amides is 1. The molecular formula is C17H21BrN4O5S. The predicted molar refractivity (Wildman–Crippen MR) is 109 cm³/mol. The van der Waals surface area contributed by atoms with Crippen LogP contribution in [0.4, 0.5) is 10.8 Å². The first-order valence-corrected chi connectivity index (χ1v) is 10.2. The molecule has 1 N–H and O–H groups in total. The number of esters is 1. The molecule has 2 aromatic heterocycles. The molecule has 0 aliphatic carbocycles. The first-order chi connectivity index (χ1) is 13.2. The number of nitro groups is 1. The molecule has 0 aliphatic heterocycles. The lowest BCUT2D eigenvalue weighted by molar-refractivity contribution is -0.390.